The number of carbonyl (C=O) groups is 2. The number of hydrogen-bond donors (Lipinski definition) is 0. The predicted molar refractivity (Wildman–Crippen MR) is 127 cm³/mol. The molecule has 1 aliphatic rings. The van der Waals surface area contributed by atoms with Gasteiger partial charge in [-0.2, -0.15) is 5.10 Å². The second-order valence-corrected chi connectivity index (χ2v) is 8.64. The summed E-state index contributed by atoms with van der Waals surface area (Å²) >= 11 is 0. The quantitative estimate of drug-likeness (QED) is 0.534. The average Bonchev–Trinajstić information content (AvgIpc) is 3.35. The van der Waals surface area contributed by atoms with Crippen LogP contribution in [-0.2, 0) is 22.6 Å². The van der Waals surface area contributed by atoms with Crippen molar-refractivity contribution < 1.29 is 9.59 Å². The van der Waals surface area contributed by atoms with Crippen LogP contribution in [0.2, 0.25) is 0 Å². The summed E-state index contributed by atoms with van der Waals surface area (Å²) in [6.45, 7) is 6.35. The maximum absolute atomic E-state index is 13.4. The van der Waals surface area contributed by atoms with E-state index in [1.54, 1.807) is 28.2 Å². The van der Waals surface area contributed by atoms with Crippen LogP contribution in [0.1, 0.15) is 25.8 Å². The Kier molecular flexibility index (Phi) is 7.17. The lowest BCUT2D eigenvalue weighted by Gasteiger charge is -2.41. The zero-order chi connectivity index (χ0) is 23.2. The first-order valence-electron chi connectivity index (χ1n) is 11.6. The normalized spacial score (nSPS) is 17.3. The summed E-state index contributed by atoms with van der Waals surface area (Å²) in [6.07, 6.45) is 8.52. The third kappa shape index (κ3) is 5.30. The van der Waals surface area contributed by atoms with Crippen molar-refractivity contribution in [1.29, 1.82) is 0 Å². The Morgan fingerprint density at radius 1 is 1.09 bits per heavy atom. The van der Waals surface area contributed by atoms with Crippen LogP contribution in [0.15, 0.2) is 67.3 Å². The molecule has 7 nitrogen and oxygen atoms in total. The second kappa shape index (κ2) is 10.4. The molecule has 2 unspecified atom stereocenters. The number of nitrogens with zero attached hydrogens (tertiary/aromatic N) is 5. The highest BCUT2D eigenvalue weighted by Gasteiger charge is 2.38. The molecule has 0 radical (unpaired) electrons. The molecule has 172 valence electrons. The van der Waals surface area contributed by atoms with Gasteiger partial charge in [0.15, 0.2) is 0 Å². The number of benzene rings is 1. The molecule has 2 amide bonds. The highest BCUT2D eigenvalue weighted by atomic mass is 16.2. The molecule has 1 saturated heterocycles. The second-order valence-electron chi connectivity index (χ2n) is 8.64. The number of pyridine rings is 1. The summed E-state index contributed by atoms with van der Waals surface area (Å²) in [4.78, 5) is 34.7. The van der Waals surface area contributed by atoms with Gasteiger partial charge in [-0.1, -0.05) is 38.1 Å². The van der Waals surface area contributed by atoms with Gasteiger partial charge in [0, 0.05) is 50.8 Å². The first kappa shape index (κ1) is 22.7. The lowest BCUT2D eigenvalue weighted by Crippen LogP contribution is -2.60. The van der Waals surface area contributed by atoms with Gasteiger partial charge in [0.25, 0.3) is 0 Å². The number of amides is 2. The fourth-order valence-electron chi connectivity index (χ4n) is 4.49. The van der Waals surface area contributed by atoms with Crippen LogP contribution in [-0.4, -0.2) is 62.1 Å². The Labute approximate surface area is 195 Å². The van der Waals surface area contributed by atoms with E-state index in [0.717, 1.165) is 29.7 Å². The molecule has 3 aromatic rings. The number of hydrogen-bond acceptors (Lipinski definition) is 4. The summed E-state index contributed by atoms with van der Waals surface area (Å²) in [5.74, 6) is -0.219. The minimum Gasteiger partial charge on any atom is -0.339 e. The maximum atomic E-state index is 13.4. The van der Waals surface area contributed by atoms with Crippen molar-refractivity contribution in [3.05, 3.63) is 72.8 Å². The van der Waals surface area contributed by atoms with Gasteiger partial charge in [-0.25, -0.2) is 0 Å². The minimum absolute atomic E-state index is 0.00490. The molecule has 33 heavy (non-hydrogen) atoms. The van der Waals surface area contributed by atoms with E-state index < -0.39 is 6.04 Å². The molecule has 1 aromatic carbocycles. The molecule has 7 heteroatoms. The maximum Gasteiger partial charge on any atom is 0.245 e. The van der Waals surface area contributed by atoms with Crippen LogP contribution in [0, 0.1) is 5.92 Å². The first-order chi connectivity index (χ1) is 16.1. The number of aromatic nitrogens is 3. The predicted octanol–water partition coefficient (Wildman–Crippen LogP) is 3.27. The number of carbonyl (C=O) groups excluding carboxylic acids is 2. The fourth-order valence-corrected chi connectivity index (χ4v) is 4.49. The van der Waals surface area contributed by atoms with Crippen molar-refractivity contribution in [3.63, 3.8) is 0 Å². The van der Waals surface area contributed by atoms with Crippen LogP contribution >= 0.6 is 0 Å². The van der Waals surface area contributed by atoms with E-state index >= 15 is 0 Å². The van der Waals surface area contributed by atoms with E-state index in [1.807, 2.05) is 48.4 Å². The molecule has 0 aliphatic carbocycles. The Morgan fingerprint density at radius 3 is 2.64 bits per heavy atom. The van der Waals surface area contributed by atoms with Crippen molar-refractivity contribution in [2.24, 2.45) is 5.92 Å². The molecule has 1 fully saturated rings. The summed E-state index contributed by atoms with van der Waals surface area (Å²) in [5.41, 5.74) is 3.20. The van der Waals surface area contributed by atoms with Crippen LogP contribution in [0.5, 0.6) is 0 Å². The SMILES string of the molecule is CCCN1CCN(C(=O)C(C)Cn2cccn2)C(Cc2cccc(-c3ccncc3)c2)C1=O. The number of rotatable bonds is 8. The number of piperazine rings is 1. The van der Waals surface area contributed by atoms with Crippen molar-refractivity contribution in [1.82, 2.24) is 24.6 Å². The van der Waals surface area contributed by atoms with Crippen molar-refractivity contribution >= 4 is 11.8 Å². The van der Waals surface area contributed by atoms with Gasteiger partial charge in [0.1, 0.15) is 6.04 Å². The molecule has 4 rings (SSSR count). The third-order valence-corrected chi connectivity index (χ3v) is 6.17. The van der Waals surface area contributed by atoms with Crippen LogP contribution in [0.3, 0.4) is 0 Å². The molecule has 3 heterocycles. The zero-order valence-electron chi connectivity index (χ0n) is 19.3. The van der Waals surface area contributed by atoms with Crippen molar-refractivity contribution in [3.8, 4) is 11.1 Å². The molecule has 0 spiro atoms. The first-order valence-corrected chi connectivity index (χ1v) is 11.6. The van der Waals surface area contributed by atoms with Crippen molar-refractivity contribution in [2.45, 2.75) is 39.3 Å². The highest BCUT2D eigenvalue weighted by molar-refractivity contribution is 5.90. The standard InChI is InChI=1S/C26H31N5O2/c1-3-13-29-15-16-31(25(32)20(2)19-30-14-5-10-28-30)24(26(29)33)18-21-6-4-7-23(17-21)22-8-11-27-12-9-22/h4-12,14,17,20,24H,3,13,15-16,18-19H2,1-2H3. The molecule has 0 saturated carbocycles. The summed E-state index contributed by atoms with van der Waals surface area (Å²) in [5, 5.41) is 4.23. The van der Waals surface area contributed by atoms with E-state index in [0.29, 0.717) is 26.1 Å². The van der Waals surface area contributed by atoms with Crippen LogP contribution in [0.4, 0.5) is 0 Å². The smallest absolute Gasteiger partial charge is 0.245 e. The van der Waals surface area contributed by atoms with E-state index in [9.17, 15) is 9.59 Å². The minimum atomic E-state index is -0.495. The fraction of sp³-hybridized carbons (Fsp3) is 0.385. The van der Waals surface area contributed by atoms with E-state index in [1.165, 1.54) is 0 Å². The molecule has 0 bridgehead atoms. The highest BCUT2D eigenvalue weighted by Crippen LogP contribution is 2.24. The lowest BCUT2D eigenvalue weighted by molar-refractivity contribution is -0.153. The van der Waals surface area contributed by atoms with E-state index in [2.05, 4.69) is 29.1 Å². The Bertz CT molecular complexity index is 1070. The Hall–Kier alpha value is -3.48. The topological polar surface area (TPSA) is 71.3 Å². The summed E-state index contributed by atoms with van der Waals surface area (Å²) in [7, 11) is 0. The van der Waals surface area contributed by atoms with Gasteiger partial charge in [-0.05, 0) is 41.3 Å². The summed E-state index contributed by atoms with van der Waals surface area (Å²) in [6, 6.07) is 13.5. The molecule has 2 atom stereocenters. The summed E-state index contributed by atoms with van der Waals surface area (Å²) < 4.78 is 1.77. The molecular formula is C26H31N5O2. The van der Waals surface area contributed by atoms with E-state index in [4.69, 9.17) is 0 Å². The Morgan fingerprint density at radius 2 is 1.91 bits per heavy atom. The van der Waals surface area contributed by atoms with E-state index in [-0.39, 0.29) is 17.7 Å². The Balaban J connectivity index is 1.57. The van der Waals surface area contributed by atoms with Gasteiger partial charge in [-0.15, -0.1) is 0 Å². The molecule has 1 aliphatic heterocycles. The van der Waals surface area contributed by atoms with Gasteiger partial charge in [0.2, 0.25) is 11.8 Å². The van der Waals surface area contributed by atoms with Gasteiger partial charge in [-0.3, -0.25) is 19.3 Å². The molecule has 2 aromatic heterocycles. The molecule has 0 N–H and O–H groups in total. The molecular weight excluding hydrogens is 414 g/mol. The average molecular weight is 446 g/mol. The van der Waals surface area contributed by atoms with Crippen LogP contribution in [0.25, 0.3) is 11.1 Å². The van der Waals surface area contributed by atoms with Gasteiger partial charge < -0.3 is 9.80 Å². The largest absolute Gasteiger partial charge is 0.339 e. The van der Waals surface area contributed by atoms with Gasteiger partial charge in [0.05, 0.1) is 12.5 Å². The van der Waals surface area contributed by atoms with Crippen LogP contribution < -0.4 is 0 Å². The van der Waals surface area contributed by atoms with Gasteiger partial charge >= 0.3 is 0 Å². The zero-order valence-corrected chi connectivity index (χ0v) is 19.3. The monoisotopic (exact) mass is 445 g/mol. The van der Waals surface area contributed by atoms with Crippen molar-refractivity contribution in [2.75, 3.05) is 19.6 Å². The lowest BCUT2D eigenvalue weighted by atomic mass is 9.96. The third-order valence-electron chi connectivity index (χ3n) is 6.17.